The zero-order valence-electron chi connectivity index (χ0n) is 10.4. The minimum Gasteiger partial charge on any atom is -0.481 e. The van der Waals surface area contributed by atoms with E-state index in [0.717, 1.165) is 12.1 Å². The van der Waals surface area contributed by atoms with Crippen LogP contribution in [0, 0.1) is 11.8 Å². The fraction of sp³-hybridized carbons (Fsp3) is 0.583. The molecule has 1 amide bonds. The maximum atomic E-state index is 12.3. The Morgan fingerprint density at radius 2 is 2.28 bits per heavy atom. The molecule has 1 N–H and O–H groups in total. The van der Waals surface area contributed by atoms with Crippen molar-refractivity contribution in [3.63, 3.8) is 0 Å². The van der Waals surface area contributed by atoms with Gasteiger partial charge in [0.25, 0.3) is 5.91 Å². The molecule has 1 aromatic rings. The number of carbonyl (C=O) groups is 2. The monoisotopic (exact) mass is 268 g/mol. The molecule has 1 fully saturated rings. The van der Waals surface area contributed by atoms with E-state index >= 15 is 0 Å². The van der Waals surface area contributed by atoms with Crippen LogP contribution in [0.25, 0.3) is 0 Å². The van der Waals surface area contributed by atoms with E-state index in [0.29, 0.717) is 18.0 Å². The molecule has 0 aliphatic carbocycles. The predicted octanol–water partition coefficient (Wildman–Crippen LogP) is 1.50. The Morgan fingerprint density at radius 3 is 2.83 bits per heavy atom. The van der Waals surface area contributed by atoms with Crippen LogP contribution in [0.2, 0.25) is 0 Å². The number of hydrogen-bond donors (Lipinski definition) is 1. The lowest BCUT2D eigenvalue weighted by atomic mass is 9.99. The molecular weight excluding hydrogens is 252 g/mol. The summed E-state index contributed by atoms with van der Waals surface area (Å²) < 4.78 is 0. The van der Waals surface area contributed by atoms with Crippen molar-refractivity contribution < 1.29 is 14.7 Å². The number of carboxylic acid groups (broad SMARTS) is 1. The van der Waals surface area contributed by atoms with Crippen molar-refractivity contribution in [3.8, 4) is 0 Å². The van der Waals surface area contributed by atoms with Gasteiger partial charge in [-0.2, -0.15) is 0 Å². The topological polar surface area (TPSA) is 70.5 Å². The van der Waals surface area contributed by atoms with Crippen molar-refractivity contribution in [1.82, 2.24) is 9.88 Å². The second kappa shape index (κ2) is 5.06. The molecule has 0 spiro atoms. The Labute approximate surface area is 109 Å². The number of amides is 1. The number of likely N-dealkylation sites (tertiary alicyclic amines) is 1. The Balaban J connectivity index is 2.14. The summed E-state index contributed by atoms with van der Waals surface area (Å²) in [4.78, 5) is 29.8. The molecule has 0 aromatic carbocycles. The van der Waals surface area contributed by atoms with Gasteiger partial charge in [0.1, 0.15) is 4.88 Å². The maximum absolute atomic E-state index is 12.3. The lowest BCUT2D eigenvalue weighted by Gasteiger charge is -2.15. The van der Waals surface area contributed by atoms with E-state index in [-0.39, 0.29) is 11.8 Å². The summed E-state index contributed by atoms with van der Waals surface area (Å²) in [5.74, 6) is -1.35. The zero-order chi connectivity index (χ0) is 13.3. The largest absolute Gasteiger partial charge is 0.481 e. The molecule has 18 heavy (non-hydrogen) atoms. The van der Waals surface area contributed by atoms with E-state index in [9.17, 15) is 9.59 Å². The van der Waals surface area contributed by atoms with Gasteiger partial charge in [0.2, 0.25) is 0 Å². The lowest BCUT2D eigenvalue weighted by molar-refractivity contribution is -0.142. The van der Waals surface area contributed by atoms with Gasteiger partial charge in [0, 0.05) is 13.1 Å². The molecule has 6 heteroatoms. The number of carbonyl (C=O) groups excluding carboxylic acids is 1. The summed E-state index contributed by atoms with van der Waals surface area (Å²) in [6.07, 6.45) is 0.719. The minimum atomic E-state index is -0.821. The van der Waals surface area contributed by atoms with Crippen LogP contribution in [0.15, 0.2) is 5.51 Å². The zero-order valence-corrected chi connectivity index (χ0v) is 11.2. The second-order valence-electron chi connectivity index (χ2n) is 4.61. The van der Waals surface area contributed by atoms with Crippen LogP contribution < -0.4 is 0 Å². The number of rotatable bonds is 3. The molecular formula is C12H16N2O3S. The van der Waals surface area contributed by atoms with Crippen LogP contribution in [0.4, 0.5) is 0 Å². The highest BCUT2D eigenvalue weighted by Crippen LogP contribution is 2.26. The Hall–Kier alpha value is -1.43. The summed E-state index contributed by atoms with van der Waals surface area (Å²) >= 11 is 1.33. The first-order valence-electron chi connectivity index (χ1n) is 5.99. The summed E-state index contributed by atoms with van der Waals surface area (Å²) in [6, 6.07) is 0. The van der Waals surface area contributed by atoms with Gasteiger partial charge in [-0.15, -0.1) is 11.3 Å². The summed E-state index contributed by atoms with van der Waals surface area (Å²) in [7, 11) is 0. The summed E-state index contributed by atoms with van der Waals surface area (Å²) in [6.45, 7) is 4.64. The van der Waals surface area contributed by atoms with Gasteiger partial charge in [-0.1, -0.05) is 13.8 Å². The Morgan fingerprint density at radius 1 is 1.56 bits per heavy atom. The van der Waals surface area contributed by atoms with Gasteiger partial charge in [0.05, 0.1) is 17.1 Å². The second-order valence-corrected chi connectivity index (χ2v) is 5.47. The molecule has 2 heterocycles. The van der Waals surface area contributed by atoms with Crippen LogP contribution in [0.3, 0.4) is 0 Å². The first kappa shape index (κ1) is 13.0. The van der Waals surface area contributed by atoms with Gasteiger partial charge in [0.15, 0.2) is 0 Å². The lowest BCUT2D eigenvalue weighted by Crippen LogP contribution is -2.30. The third-order valence-corrected chi connectivity index (χ3v) is 4.24. The minimum absolute atomic E-state index is 0.00412. The van der Waals surface area contributed by atoms with Crippen LogP contribution in [0.5, 0.6) is 0 Å². The molecule has 2 rings (SSSR count). The third kappa shape index (κ3) is 2.25. The van der Waals surface area contributed by atoms with E-state index in [4.69, 9.17) is 5.11 Å². The number of carboxylic acids is 1. The highest BCUT2D eigenvalue weighted by atomic mass is 32.1. The van der Waals surface area contributed by atoms with Crippen molar-refractivity contribution in [1.29, 1.82) is 0 Å². The van der Waals surface area contributed by atoms with Gasteiger partial charge in [-0.05, 0) is 12.3 Å². The van der Waals surface area contributed by atoms with Crippen molar-refractivity contribution >= 4 is 23.2 Å². The molecule has 2 atom stereocenters. The molecule has 5 nitrogen and oxygen atoms in total. The third-order valence-electron chi connectivity index (χ3n) is 3.39. The highest BCUT2D eigenvalue weighted by Gasteiger charge is 2.37. The Kier molecular flexibility index (Phi) is 3.65. The van der Waals surface area contributed by atoms with E-state index in [1.54, 1.807) is 10.4 Å². The number of aryl methyl sites for hydroxylation is 1. The average molecular weight is 268 g/mol. The SMILES string of the molecule is CCc1ncsc1C(=O)N1C[C@@H](C)[C@H](C(=O)O)C1. The fourth-order valence-corrected chi connectivity index (χ4v) is 3.14. The normalized spacial score (nSPS) is 23.3. The summed E-state index contributed by atoms with van der Waals surface area (Å²) in [5.41, 5.74) is 2.47. The first-order valence-corrected chi connectivity index (χ1v) is 6.87. The maximum Gasteiger partial charge on any atom is 0.308 e. The van der Waals surface area contributed by atoms with Crippen LogP contribution >= 0.6 is 11.3 Å². The number of aromatic nitrogens is 1. The number of aliphatic carboxylic acids is 1. The molecule has 0 radical (unpaired) electrons. The first-order chi connectivity index (χ1) is 8.54. The fourth-order valence-electron chi connectivity index (χ4n) is 2.29. The molecule has 1 aromatic heterocycles. The number of thiazole rings is 1. The summed E-state index contributed by atoms with van der Waals surface area (Å²) in [5, 5.41) is 9.07. The van der Waals surface area contributed by atoms with Gasteiger partial charge in [-0.25, -0.2) is 4.98 Å². The van der Waals surface area contributed by atoms with Crippen molar-refractivity contribution in [3.05, 3.63) is 16.1 Å². The Bertz CT molecular complexity index is 472. The standard InChI is InChI=1S/C12H16N2O3S/c1-3-9-10(18-6-13-9)11(15)14-4-7(2)8(5-14)12(16)17/h6-8H,3-5H2,1-2H3,(H,16,17)/t7-,8-/m1/s1. The molecule has 1 saturated heterocycles. The smallest absolute Gasteiger partial charge is 0.308 e. The van der Waals surface area contributed by atoms with E-state index in [1.807, 2.05) is 13.8 Å². The molecule has 0 bridgehead atoms. The number of hydrogen-bond acceptors (Lipinski definition) is 4. The van der Waals surface area contributed by atoms with Gasteiger partial charge in [-0.3, -0.25) is 9.59 Å². The van der Waals surface area contributed by atoms with E-state index in [1.165, 1.54) is 11.3 Å². The molecule has 0 saturated carbocycles. The van der Waals surface area contributed by atoms with Gasteiger partial charge < -0.3 is 10.0 Å². The molecule has 1 aliphatic rings. The molecule has 98 valence electrons. The van der Waals surface area contributed by atoms with Crippen LogP contribution in [-0.4, -0.2) is 40.0 Å². The van der Waals surface area contributed by atoms with Crippen LogP contribution in [-0.2, 0) is 11.2 Å². The number of nitrogens with zero attached hydrogens (tertiary/aromatic N) is 2. The van der Waals surface area contributed by atoms with Crippen molar-refractivity contribution in [2.45, 2.75) is 20.3 Å². The molecule has 0 unspecified atom stereocenters. The average Bonchev–Trinajstić information content (AvgIpc) is 2.93. The van der Waals surface area contributed by atoms with Crippen molar-refractivity contribution in [2.75, 3.05) is 13.1 Å². The van der Waals surface area contributed by atoms with Crippen LogP contribution in [0.1, 0.15) is 29.2 Å². The van der Waals surface area contributed by atoms with Crippen molar-refractivity contribution in [2.24, 2.45) is 11.8 Å². The van der Waals surface area contributed by atoms with E-state index < -0.39 is 11.9 Å². The highest BCUT2D eigenvalue weighted by molar-refractivity contribution is 7.11. The quantitative estimate of drug-likeness (QED) is 0.901. The predicted molar refractivity (Wildman–Crippen MR) is 67.7 cm³/mol. The van der Waals surface area contributed by atoms with E-state index in [2.05, 4.69) is 4.98 Å². The van der Waals surface area contributed by atoms with Gasteiger partial charge >= 0.3 is 5.97 Å². The molecule has 1 aliphatic heterocycles.